The van der Waals surface area contributed by atoms with Gasteiger partial charge in [-0.05, 0) is 67.4 Å². The molecule has 0 aliphatic heterocycles. The van der Waals surface area contributed by atoms with Gasteiger partial charge in [-0.25, -0.2) is 9.97 Å². The third-order valence-electron chi connectivity index (χ3n) is 6.72. The number of pyridine rings is 2. The van der Waals surface area contributed by atoms with Crippen LogP contribution in [0.25, 0.3) is 33.3 Å². The Labute approximate surface area is 234 Å². The van der Waals surface area contributed by atoms with Crippen molar-refractivity contribution in [1.82, 2.24) is 19.9 Å². The number of hydrogen-bond donors (Lipinski definition) is 2. The van der Waals surface area contributed by atoms with Crippen molar-refractivity contribution >= 4 is 22.6 Å². The van der Waals surface area contributed by atoms with Crippen LogP contribution >= 0.6 is 0 Å². The highest BCUT2D eigenvalue weighted by Crippen LogP contribution is 2.35. The number of nitrogens with zero attached hydrogens (tertiary/aromatic N) is 3. The second-order valence-corrected chi connectivity index (χ2v) is 9.93. The molecule has 0 aliphatic rings. The molecule has 40 heavy (non-hydrogen) atoms. The fourth-order valence-electron chi connectivity index (χ4n) is 4.66. The van der Waals surface area contributed by atoms with Gasteiger partial charge in [0.25, 0.3) is 0 Å². The molecule has 2 N–H and O–H groups in total. The molecule has 0 saturated carbocycles. The number of methoxy groups -OCH3 is 1. The summed E-state index contributed by atoms with van der Waals surface area (Å²) in [5, 5.41) is 3.96. The van der Waals surface area contributed by atoms with E-state index in [0.29, 0.717) is 12.4 Å². The molecule has 0 atom stereocenters. The van der Waals surface area contributed by atoms with Crippen molar-refractivity contribution in [2.24, 2.45) is 0 Å². The molecule has 1 amide bonds. The summed E-state index contributed by atoms with van der Waals surface area (Å²) < 4.78 is 5.48. The highest BCUT2D eigenvalue weighted by atomic mass is 16.5. The van der Waals surface area contributed by atoms with Crippen molar-refractivity contribution < 1.29 is 9.53 Å². The Morgan fingerprint density at radius 3 is 2.60 bits per heavy atom. The number of benzene rings is 2. The van der Waals surface area contributed by atoms with Crippen LogP contribution in [0.4, 0.5) is 5.69 Å². The Bertz CT molecular complexity index is 1640. The van der Waals surface area contributed by atoms with Gasteiger partial charge in [-0.15, -0.1) is 0 Å². The minimum atomic E-state index is -0.157. The van der Waals surface area contributed by atoms with Crippen LogP contribution in [0.5, 0.6) is 5.88 Å². The molecule has 3 aromatic heterocycles. The van der Waals surface area contributed by atoms with Gasteiger partial charge in [0.2, 0.25) is 11.8 Å². The highest BCUT2D eigenvalue weighted by Gasteiger charge is 2.15. The van der Waals surface area contributed by atoms with E-state index < -0.39 is 0 Å². The van der Waals surface area contributed by atoms with Crippen molar-refractivity contribution in [3.05, 3.63) is 109 Å². The van der Waals surface area contributed by atoms with E-state index in [1.54, 1.807) is 13.2 Å². The van der Waals surface area contributed by atoms with Crippen LogP contribution in [-0.2, 0) is 17.6 Å². The number of nitrogens with one attached hydrogen (secondary N) is 2. The summed E-state index contributed by atoms with van der Waals surface area (Å²) in [5.41, 5.74) is 8.00. The number of aromatic amines is 1. The van der Waals surface area contributed by atoms with Gasteiger partial charge in [0.15, 0.2) is 0 Å². The molecule has 5 rings (SSSR count). The van der Waals surface area contributed by atoms with Crippen LogP contribution in [0.2, 0.25) is 0 Å². The van der Waals surface area contributed by atoms with E-state index in [0.717, 1.165) is 57.4 Å². The van der Waals surface area contributed by atoms with Crippen LogP contribution in [0.3, 0.4) is 0 Å². The lowest BCUT2D eigenvalue weighted by Gasteiger charge is -2.11. The Kier molecular flexibility index (Phi) is 8.32. The van der Waals surface area contributed by atoms with Gasteiger partial charge in [0, 0.05) is 59.5 Å². The van der Waals surface area contributed by atoms with Crippen LogP contribution in [0, 0.1) is 0 Å². The van der Waals surface area contributed by atoms with Gasteiger partial charge >= 0.3 is 0 Å². The smallest absolute Gasteiger partial charge is 0.248 e. The quantitative estimate of drug-likeness (QED) is 0.212. The number of fused-ring (bicyclic) bond motifs is 1. The van der Waals surface area contributed by atoms with E-state index in [1.807, 2.05) is 80.1 Å². The molecular weight excluding hydrogens is 498 g/mol. The third kappa shape index (κ3) is 6.45. The third-order valence-corrected chi connectivity index (χ3v) is 6.72. The summed E-state index contributed by atoms with van der Waals surface area (Å²) >= 11 is 0. The Morgan fingerprint density at radius 2 is 1.80 bits per heavy atom. The van der Waals surface area contributed by atoms with Crippen molar-refractivity contribution in [1.29, 1.82) is 0 Å². The largest absolute Gasteiger partial charge is 0.481 e. The molecule has 0 unspecified atom stereocenters. The number of rotatable bonds is 10. The van der Waals surface area contributed by atoms with Gasteiger partial charge in [0.05, 0.1) is 7.11 Å². The average Bonchev–Trinajstić information content (AvgIpc) is 3.39. The number of aryl methyl sites for hydroxylation is 2. The van der Waals surface area contributed by atoms with Gasteiger partial charge in [-0.2, -0.15) is 0 Å². The second kappa shape index (κ2) is 12.4. The normalized spacial score (nSPS) is 11.4. The molecule has 5 aromatic rings. The monoisotopic (exact) mass is 531 g/mol. The Morgan fingerprint density at radius 1 is 0.950 bits per heavy atom. The van der Waals surface area contributed by atoms with E-state index in [9.17, 15) is 4.79 Å². The first kappa shape index (κ1) is 26.8. The topological polar surface area (TPSA) is 83.1 Å². The molecule has 3 heterocycles. The summed E-state index contributed by atoms with van der Waals surface area (Å²) in [6.45, 7) is 0.704. The Balaban J connectivity index is 1.45. The number of ether oxygens (including phenoxy) is 1. The first-order valence-electron chi connectivity index (χ1n) is 13.3. The van der Waals surface area contributed by atoms with Crippen LogP contribution in [0.1, 0.15) is 11.1 Å². The molecule has 7 heteroatoms. The number of carbonyl (C=O) groups is 1. The molecule has 0 radical (unpaired) electrons. The predicted molar refractivity (Wildman–Crippen MR) is 161 cm³/mol. The van der Waals surface area contributed by atoms with Gasteiger partial charge in [-0.1, -0.05) is 48.5 Å². The molecule has 7 nitrogen and oxygen atoms in total. The van der Waals surface area contributed by atoms with Gasteiger partial charge in [0.1, 0.15) is 5.65 Å². The van der Waals surface area contributed by atoms with Crippen molar-refractivity contribution in [2.75, 3.05) is 33.1 Å². The molecule has 0 fully saturated rings. The molecule has 0 spiro atoms. The summed E-state index contributed by atoms with van der Waals surface area (Å²) in [7, 11) is 5.56. The summed E-state index contributed by atoms with van der Waals surface area (Å²) in [5.74, 6) is 0.412. The number of hydrogen-bond acceptors (Lipinski definition) is 5. The maximum atomic E-state index is 12.4. The van der Waals surface area contributed by atoms with E-state index in [-0.39, 0.29) is 5.91 Å². The number of amides is 1. The fraction of sp³-hybridized carbons (Fsp3) is 0.182. The lowest BCUT2D eigenvalue weighted by Crippen LogP contribution is -2.12. The van der Waals surface area contributed by atoms with Crippen molar-refractivity contribution in [3.8, 4) is 28.1 Å². The van der Waals surface area contributed by atoms with E-state index >= 15 is 0 Å². The van der Waals surface area contributed by atoms with Gasteiger partial charge in [-0.3, -0.25) is 4.79 Å². The van der Waals surface area contributed by atoms with Crippen LogP contribution in [0.15, 0.2) is 97.5 Å². The number of carbonyl (C=O) groups excluding carboxylic acids is 1. The molecule has 202 valence electrons. The first-order chi connectivity index (χ1) is 19.5. The zero-order chi connectivity index (χ0) is 27.9. The molecule has 2 aromatic carbocycles. The van der Waals surface area contributed by atoms with Crippen LogP contribution in [-0.4, -0.2) is 53.5 Å². The molecule has 0 bridgehead atoms. The number of aromatic nitrogens is 3. The zero-order valence-electron chi connectivity index (χ0n) is 23.0. The minimum Gasteiger partial charge on any atom is -0.481 e. The first-order valence-corrected chi connectivity index (χ1v) is 13.3. The van der Waals surface area contributed by atoms with E-state index in [1.165, 1.54) is 5.56 Å². The van der Waals surface area contributed by atoms with E-state index in [4.69, 9.17) is 9.72 Å². The van der Waals surface area contributed by atoms with Crippen molar-refractivity contribution in [3.63, 3.8) is 0 Å². The second-order valence-electron chi connectivity index (χ2n) is 9.93. The number of anilines is 1. The number of likely N-dealkylation sites (N-methyl/N-ethyl adjacent to an activating group) is 1. The van der Waals surface area contributed by atoms with Crippen LogP contribution < -0.4 is 10.1 Å². The summed E-state index contributed by atoms with van der Waals surface area (Å²) in [4.78, 5) is 26.9. The molecule has 0 saturated heterocycles. The predicted octanol–water partition coefficient (Wildman–Crippen LogP) is 6.14. The Hall–Kier alpha value is -4.75. The standard InChI is InChI=1S/C33H33N5O2/c1-38(2)16-8-13-31(39)37-27-12-7-11-24(17-27)26-18-29-30(22-36-33(29)35-21-26)28-19-32(40-3)34-20-25(28)15-14-23-9-5-4-6-10-23/h4-13,17-22H,14-16H2,1-3H3,(H,35,36)(H,37,39). The molecular formula is C33H33N5O2. The SMILES string of the molecule is COc1cc(-c2c[nH]c3ncc(-c4cccc(NC(=O)C=CCN(C)C)c4)cc23)c(CCc2ccccc2)cn1. The lowest BCUT2D eigenvalue weighted by molar-refractivity contribution is -0.111. The summed E-state index contributed by atoms with van der Waals surface area (Å²) in [6, 6.07) is 22.4. The lowest BCUT2D eigenvalue weighted by atomic mass is 9.96. The maximum absolute atomic E-state index is 12.4. The average molecular weight is 532 g/mol. The zero-order valence-corrected chi connectivity index (χ0v) is 23.0. The number of H-pyrrole nitrogens is 1. The van der Waals surface area contributed by atoms with Gasteiger partial charge < -0.3 is 19.9 Å². The highest BCUT2D eigenvalue weighted by molar-refractivity contribution is 6.00. The summed E-state index contributed by atoms with van der Waals surface area (Å²) in [6.07, 6.45) is 10.9. The van der Waals surface area contributed by atoms with E-state index in [2.05, 4.69) is 45.6 Å². The molecule has 0 aliphatic carbocycles. The minimum absolute atomic E-state index is 0.157. The fourth-order valence-corrected chi connectivity index (χ4v) is 4.66. The van der Waals surface area contributed by atoms with Crippen molar-refractivity contribution in [2.45, 2.75) is 12.8 Å². The maximum Gasteiger partial charge on any atom is 0.248 e.